The maximum absolute atomic E-state index is 11.3. The van der Waals surface area contributed by atoms with E-state index in [1.165, 1.54) is 0 Å². The number of hydrogen-bond acceptors (Lipinski definition) is 4. The molecular weight excluding hydrogens is 325 g/mol. The first-order valence-corrected chi connectivity index (χ1v) is 8.33. The number of hydrogen-bond donors (Lipinski definition) is 0. The summed E-state index contributed by atoms with van der Waals surface area (Å²) in [5, 5.41) is 0. The van der Waals surface area contributed by atoms with Gasteiger partial charge in [-0.3, -0.25) is 9.59 Å². The molecule has 1 aromatic rings. The molecule has 1 aromatic carbocycles. The Bertz CT molecular complexity index is 445. The third-order valence-corrected chi connectivity index (χ3v) is 3.51. The summed E-state index contributed by atoms with van der Waals surface area (Å²) in [6.07, 6.45) is 2.38. The van der Waals surface area contributed by atoms with E-state index in [2.05, 4.69) is 4.90 Å². The van der Waals surface area contributed by atoms with Gasteiger partial charge in [0.05, 0.1) is 0 Å². The normalized spacial score (nSPS) is 10.3. The number of esters is 1. The second-order valence-corrected chi connectivity index (χ2v) is 5.49. The third-order valence-electron chi connectivity index (χ3n) is 3.17. The van der Waals surface area contributed by atoms with Gasteiger partial charge in [0.1, 0.15) is 6.61 Å². The van der Waals surface area contributed by atoms with E-state index in [-0.39, 0.29) is 12.6 Å². The maximum Gasteiger partial charge on any atom is 0.306 e. The zero-order valence-electron chi connectivity index (χ0n) is 12.5. The highest BCUT2D eigenvalue weighted by Crippen LogP contribution is 2.17. The fraction of sp³-hybridized carbons (Fsp3) is 0.500. The molecule has 0 aromatic heterocycles. The lowest BCUT2D eigenvalue weighted by Crippen LogP contribution is -2.27. The van der Waals surface area contributed by atoms with Crippen LogP contribution in [0.25, 0.3) is 0 Å². The van der Waals surface area contributed by atoms with E-state index in [9.17, 15) is 9.59 Å². The second-order valence-electron chi connectivity index (χ2n) is 4.73. The van der Waals surface area contributed by atoms with Gasteiger partial charge < -0.3 is 9.64 Å². The maximum atomic E-state index is 11.3. The van der Waals surface area contributed by atoms with Crippen LogP contribution in [0.4, 0.5) is 5.69 Å². The Kier molecular flexibility index (Phi) is 9.67. The highest BCUT2D eigenvalue weighted by atomic mass is 35.5. The van der Waals surface area contributed by atoms with Gasteiger partial charge in [0.2, 0.25) is 0 Å². The topological polar surface area (TPSA) is 46.6 Å². The minimum atomic E-state index is -0.334. The smallest absolute Gasteiger partial charge is 0.306 e. The minimum absolute atomic E-state index is 0.162. The van der Waals surface area contributed by atoms with Crippen LogP contribution in [0.15, 0.2) is 24.3 Å². The predicted molar refractivity (Wildman–Crippen MR) is 90.1 cm³/mol. The molecule has 1 rings (SSSR count). The van der Waals surface area contributed by atoms with E-state index in [4.69, 9.17) is 27.9 Å². The molecule has 4 nitrogen and oxygen atoms in total. The highest BCUT2D eigenvalue weighted by molar-refractivity contribution is 6.18. The van der Waals surface area contributed by atoms with E-state index in [1.807, 2.05) is 24.3 Å². The van der Waals surface area contributed by atoms with Crippen LogP contribution in [0, 0.1) is 0 Å². The van der Waals surface area contributed by atoms with Gasteiger partial charge in [0, 0.05) is 37.0 Å². The average molecular weight is 346 g/mol. The second kappa shape index (κ2) is 11.3. The Hall–Kier alpha value is -1.26. The molecule has 0 N–H and O–H groups in total. The van der Waals surface area contributed by atoms with Crippen molar-refractivity contribution in [1.82, 2.24) is 0 Å². The number of rotatable bonds is 11. The van der Waals surface area contributed by atoms with Gasteiger partial charge in [0.25, 0.3) is 0 Å². The van der Waals surface area contributed by atoms with Gasteiger partial charge >= 0.3 is 5.97 Å². The number of ether oxygens (including phenoxy) is 1. The first kappa shape index (κ1) is 18.8. The number of aryl methyl sites for hydroxylation is 1. The highest BCUT2D eigenvalue weighted by Gasteiger charge is 2.06. The van der Waals surface area contributed by atoms with E-state index < -0.39 is 0 Å². The van der Waals surface area contributed by atoms with Crippen LogP contribution in [0.1, 0.15) is 18.4 Å². The Morgan fingerprint density at radius 3 is 2.32 bits per heavy atom. The van der Waals surface area contributed by atoms with Gasteiger partial charge in [-0.1, -0.05) is 12.1 Å². The minimum Gasteiger partial charge on any atom is -0.458 e. The van der Waals surface area contributed by atoms with Crippen molar-refractivity contribution in [2.45, 2.75) is 19.3 Å². The molecule has 0 unspecified atom stereocenters. The number of nitrogens with zero attached hydrogens (tertiary/aromatic N) is 1. The molecule has 22 heavy (non-hydrogen) atoms. The largest absolute Gasteiger partial charge is 0.458 e. The quantitative estimate of drug-likeness (QED) is 0.351. The van der Waals surface area contributed by atoms with Crippen LogP contribution in [-0.2, 0) is 20.7 Å². The number of aldehydes is 1. The van der Waals surface area contributed by atoms with Gasteiger partial charge in [-0.25, -0.2) is 0 Å². The Labute approximate surface area is 141 Å². The van der Waals surface area contributed by atoms with E-state index in [1.54, 1.807) is 0 Å². The first-order chi connectivity index (χ1) is 10.7. The monoisotopic (exact) mass is 345 g/mol. The van der Waals surface area contributed by atoms with Crippen LogP contribution in [0.2, 0.25) is 0 Å². The van der Waals surface area contributed by atoms with Crippen molar-refractivity contribution in [2.75, 3.05) is 36.4 Å². The van der Waals surface area contributed by atoms with Crippen molar-refractivity contribution in [3.05, 3.63) is 29.8 Å². The van der Waals surface area contributed by atoms with Crippen molar-refractivity contribution in [3.8, 4) is 0 Å². The molecule has 0 bridgehead atoms. The van der Waals surface area contributed by atoms with Crippen molar-refractivity contribution in [2.24, 2.45) is 0 Å². The Balaban J connectivity index is 2.43. The van der Waals surface area contributed by atoms with Crippen molar-refractivity contribution in [3.63, 3.8) is 0 Å². The predicted octanol–water partition coefficient (Wildman–Crippen LogP) is 3.04. The van der Waals surface area contributed by atoms with Gasteiger partial charge in [-0.05, 0) is 30.5 Å². The molecule has 6 heteroatoms. The van der Waals surface area contributed by atoms with Crippen LogP contribution in [-0.4, -0.2) is 43.7 Å². The molecule has 0 amide bonds. The Morgan fingerprint density at radius 2 is 1.77 bits per heavy atom. The summed E-state index contributed by atoms with van der Waals surface area (Å²) in [7, 11) is 0. The summed E-state index contributed by atoms with van der Waals surface area (Å²) in [6, 6.07) is 8.17. The molecule has 0 spiro atoms. The summed E-state index contributed by atoms with van der Waals surface area (Å²) in [6.45, 7) is 1.36. The molecule has 0 saturated carbocycles. The number of carbonyl (C=O) groups excluding carboxylic acids is 2. The summed E-state index contributed by atoms with van der Waals surface area (Å²) < 4.78 is 4.69. The lowest BCUT2D eigenvalue weighted by molar-refractivity contribution is -0.145. The van der Waals surface area contributed by atoms with Crippen molar-refractivity contribution in [1.29, 1.82) is 0 Å². The lowest BCUT2D eigenvalue weighted by atomic mass is 10.1. The molecule has 0 radical (unpaired) electrons. The van der Waals surface area contributed by atoms with Crippen LogP contribution < -0.4 is 4.90 Å². The Morgan fingerprint density at radius 1 is 1.14 bits per heavy atom. The third kappa shape index (κ3) is 7.14. The average Bonchev–Trinajstić information content (AvgIpc) is 2.53. The number of alkyl halides is 2. The first-order valence-electron chi connectivity index (χ1n) is 7.26. The van der Waals surface area contributed by atoms with Crippen molar-refractivity contribution < 1.29 is 14.3 Å². The van der Waals surface area contributed by atoms with Crippen LogP contribution >= 0.6 is 23.2 Å². The summed E-state index contributed by atoms with van der Waals surface area (Å²) in [4.78, 5) is 23.5. The molecule has 0 aliphatic carbocycles. The molecule has 0 saturated heterocycles. The number of halogens is 2. The molecular formula is C16H21Cl2NO3. The summed E-state index contributed by atoms with van der Waals surface area (Å²) in [5.41, 5.74) is 2.25. The molecule has 122 valence electrons. The van der Waals surface area contributed by atoms with Crippen molar-refractivity contribution >= 4 is 41.1 Å². The van der Waals surface area contributed by atoms with Crippen LogP contribution in [0.5, 0.6) is 0 Å². The number of carbonyl (C=O) groups is 2. The van der Waals surface area contributed by atoms with E-state index in [0.717, 1.165) is 30.8 Å². The standard InChI is InChI=1S/C16H21Cl2NO3/c17-8-10-19(11-9-18)15-6-4-14(5-7-15)2-1-3-16(21)22-13-12-20/h4-7,12H,1-3,8-11,13H2. The van der Waals surface area contributed by atoms with Gasteiger partial charge in [-0.2, -0.15) is 0 Å². The van der Waals surface area contributed by atoms with Gasteiger partial charge in [-0.15, -0.1) is 23.2 Å². The fourth-order valence-electron chi connectivity index (χ4n) is 2.08. The van der Waals surface area contributed by atoms with E-state index in [0.29, 0.717) is 30.9 Å². The zero-order valence-corrected chi connectivity index (χ0v) is 14.0. The SMILES string of the molecule is O=CCOC(=O)CCCc1ccc(N(CCCl)CCCl)cc1. The molecule has 0 heterocycles. The summed E-state index contributed by atoms with van der Waals surface area (Å²) >= 11 is 11.6. The molecule has 0 aliphatic rings. The molecule has 0 atom stereocenters. The fourth-order valence-corrected chi connectivity index (χ4v) is 2.49. The van der Waals surface area contributed by atoms with E-state index >= 15 is 0 Å². The summed E-state index contributed by atoms with van der Waals surface area (Å²) in [5.74, 6) is 0.780. The molecule has 0 fully saturated rings. The zero-order chi connectivity index (χ0) is 16.2. The van der Waals surface area contributed by atoms with Gasteiger partial charge in [0.15, 0.2) is 6.29 Å². The number of benzene rings is 1. The van der Waals surface area contributed by atoms with Crippen LogP contribution in [0.3, 0.4) is 0 Å². The molecule has 0 aliphatic heterocycles. The number of anilines is 1. The lowest BCUT2D eigenvalue weighted by Gasteiger charge is -2.23.